The largest absolute Gasteiger partial charge is 0.228 e. The molecular weight excluding hydrogens is 222 g/mol. The average Bonchev–Trinajstić information content (AvgIpc) is 2.97. The summed E-state index contributed by atoms with van der Waals surface area (Å²) < 4.78 is 25.1. The normalized spacial score (nSPS) is 18.1. The number of halogens is 1. The first-order valence-corrected chi connectivity index (χ1v) is 7.28. The molecule has 0 amide bonds. The van der Waals surface area contributed by atoms with Gasteiger partial charge in [-0.25, -0.2) is 8.42 Å². The van der Waals surface area contributed by atoms with Gasteiger partial charge in [0, 0.05) is 12.1 Å². The third kappa shape index (κ3) is 2.61. The van der Waals surface area contributed by atoms with Crippen molar-refractivity contribution in [3.63, 3.8) is 0 Å². The third-order valence-corrected chi connectivity index (χ3v) is 5.01. The molecule has 0 aliphatic heterocycles. The van der Waals surface area contributed by atoms with Crippen LogP contribution in [0.15, 0.2) is 0 Å². The summed E-state index contributed by atoms with van der Waals surface area (Å²) in [5.74, 6) is 0. The molecule has 0 bridgehead atoms. The molecule has 0 unspecified atom stereocenters. The Labute approximate surface area is 91.5 Å². The first kappa shape index (κ1) is 12.3. The van der Waals surface area contributed by atoms with Crippen molar-refractivity contribution in [1.29, 1.82) is 0 Å². The van der Waals surface area contributed by atoms with Crippen LogP contribution in [0.5, 0.6) is 0 Å². The second kappa shape index (κ2) is 4.81. The fraction of sp³-hybridized carbons (Fsp3) is 1.00. The van der Waals surface area contributed by atoms with Crippen molar-refractivity contribution in [1.82, 2.24) is 4.31 Å². The molecule has 3 nitrogen and oxygen atoms in total. The standard InChI is InChI=1S/C9H18ClNO2S/c1-3-8(4-2)11(9-5-6-9)14(12,13)7-10/h8-9H,3-7H2,1-2H3. The Bertz CT molecular complexity index is 271. The number of hydrogen-bond donors (Lipinski definition) is 0. The van der Waals surface area contributed by atoms with Crippen LogP contribution in [0.2, 0.25) is 0 Å². The first-order valence-electron chi connectivity index (χ1n) is 5.14. The molecule has 0 heterocycles. The van der Waals surface area contributed by atoms with Gasteiger partial charge >= 0.3 is 0 Å². The summed E-state index contributed by atoms with van der Waals surface area (Å²) in [6.45, 7) is 4.04. The van der Waals surface area contributed by atoms with E-state index in [2.05, 4.69) is 0 Å². The Morgan fingerprint density at radius 2 is 1.86 bits per heavy atom. The molecule has 0 radical (unpaired) electrons. The number of rotatable bonds is 6. The molecule has 84 valence electrons. The Morgan fingerprint density at radius 3 is 2.14 bits per heavy atom. The van der Waals surface area contributed by atoms with Gasteiger partial charge in [-0.3, -0.25) is 0 Å². The zero-order valence-corrected chi connectivity index (χ0v) is 10.3. The topological polar surface area (TPSA) is 37.4 Å². The molecule has 0 aromatic heterocycles. The van der Waals surface area contributed by atoms with Crippen molar-refractivity contribution < 1.29 is 8.42 Å². The van der Waals surface area contributed by atoms with E-state index in [9.17, 15) is 8.42 Å². The second-order valence-corrected chi connectivity index (χ2v) is 6.21. The predicted octanol–water partition coefficient (Wildman–Crippen LogP) is 2.17. The number of alkyl halides is 1. The van der Waals surface area contributed by atoms with E-state index in [1.54, 1.807) is 4.31 Å². The van der Waals surface area contributed by atoms with E-state index in [4.69, 9.17) is 11.6 Å². The van der Waals surface area contributed by atoms with Crippen molar-refractivity contribution in [2.24, 2.45) is 0 Å². The highest BCUT2D eigenvalue weighted by Gasteiger charge is 2.39. The summed E-state index contributed by atoms with van der Waals surface area (Å²) in [6, 6.07) is 0.356. The van der Waals surface area contributed by atoms with Crippen LogP contribution >= 0.6 is 11.6 Å². The van der Waals surface area contributed by atoms with E-state index >= 15 is 0 Å². The molecular formula is C9H18ClNO2S. The minimum Gasteiger partial charge on any atom is -0.211 e. The van der Waals surface area contributed by atoms with Crippen molar-refractivity contribution in [3.05, 3.63) is 0 Å². The quantitative estimate of drug-likeness (QED) is 0.667. The maximum Gasteiger partial charge on any atom is 0.228 e. The highest BCUT2D eigenvalue weighted by Crippen LogP contribution is 2.33. The lowest BCUT2D eigenvalue weighted by Crippen LogP contribution is -2.41. The van der Waals surface area contributed by atoms with Crippen LogP contribution in [-0.4, -0.2) is 30.0 Å². The maximum absolute atomic E-state index is 11.7. The molecule has 0 N–H and O–H groups in total. The summed E-state index contributed by atoms with van der Waals surface area (Å²) in [4.78, 5) is 0. The van der Waals surface area contributed by atoms with E-state index in [0.29, 0.717) is 0 Å². The van der Waals surface area contributed by atoms with Gasteiger partial charge in [0.1, 0.15) is 5.21 Å². The zero-order chi connectivity index (χ0) is 10.8. The maximum atomic E-state index is 11.7. The van der Waals surface area contributed by atoms with Crippen LogP contribution < -0.4 is 0 Å². The zero-order valence-electron chi connectivity index (χ0n) is 8.74. The Morgan fingerprint density at radius 1 is 1.36 bits per heavy atom. The lowest BCUT2D eigenvalue weighted by molar-refractivity contribution is 0.297. The highest BCUT2D eigenvalue weighted by molar-refractivity contribution is 7.90. The molecule has 0 atom stereocenters. The molecule has 1 rings (SSSR count). The van der Waals surface area contributed by atoms with Crippen molar-refractivity contribution in [2.45, 2.75) is 51.6 Å². The van der Waals surface area contributed by atoms with Crippen LogP contribution in [0, 0.1) is 0 Å². The van der Waals surface area contributed by atoms with E-state index in [1.807, 2.05) is 13.8 Å². The molecule has 0 aromatic carbocycles. The lowest BCUT2D eigenvalue weighted by Gasteiger charge is -2.28. The van der Waals surface area contributed by atoms with E-state index < -0.39 is 10.0 Å². The van der Waals surface area contributed by atoms with Crippen LogP contribution in [0.25, 0.3) is 0 Å². The van der Waals surface area contributed by atoms with Crippen LogP contribution in [0.3, 0.4) is 0 Å². The van der Waals surface area contributed by atoms with Gasteiger partial charge in [-0.2, -0.15) is 4.31 Å². The minimum atomic E-state index is -3.22. The van der Waals surface area contributed by atoms with Crippen LogP contribution in [0.1, 0.15) is 39.5 Å². The SMILES string of the molecule is CCC(CC)N(C1CC1)S(=O)(=O)CCl. The fourth-order valence-electron chi connectivity index (χ4n) is 1.79. The molecule has 1 fully saturated rings. The van der Waals surface area contributed by atoms with Gasteiger partial charge in [0.25, 0.3) is 0 Å². The minimum absolute atomic E-state index is 0.131. The molecule has 1 saturated carbocycles. The fourth-order valence-corrected chi connectivity index (χ4v) is 3.65. The van der Waals surface area contributed by atoms with Crippen molar-refractivity contribution in [3.8, 4) is 0 Å². The number of sulfonamides is 1. The Kier molecular flexibility index (Phi) is 4.22. The van der Waals surface area contributed by atoms with E-state index in [-0.39, 0.29) is 17.3 Å². The second-order valence-electron chi connectivity index (χ2n) is 3.75. The van der Waals surface area contributed by atoms with Gasteiger partial charge in [0.05, 0.1) is 0 Å². The first-order chi connectivity index (χ1) is 6.56. The molecule has 0 saturated heterocycles. The van der Waals surface area contributed by atoms with Gasteiger partial charge in [0.2, 0.25) is 10.0 Å². The number of hydrogen-bond acceptors (Lipinski definition) is 2. The summed E-state index contributed by atoms with van der Waals surface area (Å²) >= 11 is 5.49. The summed E-state index contributed by atoms with van der Waals surface area (Å²) in [5.41, 5.74) is 0. The Hall–Kier alpha value is 0.200. The van der Waals surface area contributed by atoms with Gasteiger partial charge in [-0.1, -0.05) is 13.8 Å². The summed E-state index contributed by atoms with van der Waals surface area (Å²) in [6.07, 6.45) is 3.71. The summed E-state index contributed by atoms with van der Waals surface area (Å²) in [7, 11) is -3.22. The monoisotopic (exact) mass is 239 g/mol. The van der Waals surface area contributed by atoms with Crippen LogP contribution in [-0.2, 0) is 10.0 Å². The predicted molar refractivity (Wildman–Crippen MR) is 58.9 cm³/mol. The Balaban J connectivity index is 2.82. The van der Waals surface area contributed by atoms with E-state index in [1.165, 1.54) is 0 Å². The lowest BCUT2D eigenvalue weighted by atomic mass is 10.2. The van der Waals surface area contributed by atoms with E-state index in [0.717, 1.165) is 25.7 Å². The van der Waals surface area contributed by atoms with Crippen molar-refractivity contribution in [2.75, 3.05) is 5.21 Å². The highest BCUT2D eigenvalue weighted by atomic mass is 35.5. The molecule has 1 aliphatic carbocycles. The molecule has 14 heavy (non-hydrogen) atoms. The molecule has 0 spiro atoms. The summed E-state index contributed by atoms with van der Waals surface area (Å²) in [5, 5.41) is -0.292. The third-order valence-electron chi connectivity index (χ3n) is 2.67. The average molecular weight is 240 g/mol. The van der Waals surface area contributed by atoms with Crippen LogP contribution in [0.4, 0.5) is 0 Å². The smallest absolute Gasteiger partial charge is 0.211 e. The van der Waals surface area contributed by atoms with Gasteiger partial charge in [0.15, 0.2) is 0 Å². The van der Waals surface area contributed by atoms with Gasteiger partial charge in [-0.15, -0.1) is 11.6 Å². The van der Waals surface area contributed by atoms with Gasteiger partial charge < -0.3 is 0 Å². The molecule has 1 aliphatic rings. The molecule has 0 aromatic rings. The number of nitrogens with zero attached hydrogens (tertiary/aromatic N) is 1. The van der Waals surface area contributed by atoms with Crippen molar-refractivity contribution >= 4 is 21.6 Å². The molecule has 5 heteroatoms. The van der Waals surface area contributed by atoms with Gasteiger partial charge in [-0.05, 0) is 25.7 Å².